The van der Waals surface area contributed by atoms with Crippen LogP contribution < -0.4 is 9.80 Å². The fourth-order valence-corrected chi connectivity index (χ4v) is 4.55. The van der Waals surface area contributed by atoms with E-state index in [9.17, 15) is 19.2 Å². The molecule has 0 N–H and O–H groups in total. The molecule has 4 amide bonds. The number of hydrogen-bond acceptors (Lipinski definition) is 5. The Morgan fingerprint density at radius 1 is 0.474 bits per heavy atom. The maximum absolute atomic E-state index is 13.1. The number of benzene rings is 3. The standard InChI is InChI=1S/C31H27N3O4/c1-20(35)33(21(2)36)30-27(24-14-8-5-9-15-24)28(25-16-10-6-11-17-25)32-29(26-18-12-7-13-19-26)31(30)34(22(3)37)23(4)38/h5-19H,1-4H3. The minimum absolute atomic E-state index is 0.0696. The van der Waals surface area contributed by atoms with Crippen LogP contribution in [0, 0.1) is 0 Å². The smallest absolute Gasteiger partial charge is 0.230 e. The molecule has 0 aliphatic carbocycles. The van der Waals surface area contributed by atoms with Crippen molar-refractivity contribution in [2.24, 2.45) is 0 Å². The Labute approximate surface area is 221 Å². The van der Waals surface area contributed by atoms with Gasteiger partial charge in [0.15, 0.2) is 0 Å². The Morgan fingerprint density at radius 2 is 0.816 bits per heavy atom. The second-order valence-corrected chi connectivity index (χ2v) is 8.73. The number of aromatic nitrogens is 1. The molecular weight excluding hydrogens is 478 g/mol. The number of anilines is 2. The molecule has 0 aliphatic heterocycles. The molecule has 1 aromatic heterocycles. The van der Waals surface area contributed by atoms with Crippen molar-refractivity contribution in [3.05, 3.63) is 91.0 Å². The lowest BCUT2D eigenvalue weighted by Crippen LogP contribution is -2.39. The summed E-state index contributed by atoms with van der Waals surface area (Å²) in [5, 5.41) is 0. The van der Waals surface area contributed by atoms with Crippen LogP contribution in [0.15, 0.2) is 91.0 Å². The molecule has 0 atom stereocenters. The number of rotatable bonds is 5. The number of amides is 4. The predicted octanol–water partition coefficient (Wildman–Crippen LogP) is 5.88. The van der Waals surface area contributed by atoms with Crippen molar-refractivity contribution in [3.63, 3.8) is 0 Å². The summed E-state index contributed by atoms with van der Waals surface area (Å²) < 4.78 is 0. The molecule has 0 radical (unpaired) electrons. The molecule has 0 saturated heterocycles. The van der Waals surface area contributed by atoms with E-state index >= 15 is 0 Å². The van der Waals surface area contributed by atoms with E-state index in [1.807, 2.05) is 78.9 Å². The second-order valence-electron chi connectivity index (χ2n) is 8.73. The lowest BCUT2D eigenvalue weighted by atomic mass is 9.93. The van der Waals surface area contributed by atoms with Gasteiger partial charge in [-0.3, -0.25) is 19.2 Å². The fourth-order valence-electron chi connectivity index (χ4n) is 4.55. The Morgan fingerprint density at radius 3 is 1.21 bits per heavy atom. The average Bonchev–Trinajstić information content (AvgIpc) is 2.90. The number of nitrogens with zero attached hydrogens (tertiary/aromatic N) is 3. The molecule has 0 aliphatic rings. The number of carbonyl (C=O) groups excluding carboxylic acids is 4. The van der Waals surface area contributed by atoms with Crippen molar-refractivity contribution in [3.8, 4) is 33.6 Å². The van der Waals surface area contributed by atoms with Crippen LogP contribution in [0.4, 0.5) is 11.4 Å². The normalized spacial score (nSPS) is 10.5. The minimum Gasteiger partial charge on any atom is -0.274 e. The lowest BCUT2D eigenvalue weighted by Gasteiger charge is -2.31. The summed E-state index contributed by atoms with van der Waals surface area (Å²) in [5.41, 5.74) is 3.43. The van der Waals surface area contributed by atoms with E-state index in [0.717, 1.165) is 15.4 Å². The third kappa shape index (κ3) is 4.99. The number of pyridine rings is 1. The van der Waals surface area contributed by atoms with Gasteiger partial charge >= 0.3 is 0 Å². The third-order valence-corrected chi connectivity index (χ3v) is 6.01. The zero-order valence-corrected chi connectivity index (χ0v) is 21.6. The van der Waals surface area contributed by atoms with Gasteiger partial charge in [-0.25, -0.2) is 14.8 Å². The highest BCUT2D eigenvalue weighted by atomic mass is 16.2. The Hall–Kier alpha value is -4.91. The summed E-state index contributed by atoms with van der Waals surface area (Å²) in [7, 11) is 0. The van der Waals surface area contributed by atoms with Crippen molar-refractivity contribution >= 4 is 35.0 Å². The second kappa shape index (κ2) is 11.0. The van der Waals surface area contributed by atoms with Crippen LogP contribution in [0.1, 0.15) is 27.7 Å². The van der Waals surface area contributed by atoms with Gasteiger partial charge in [0.25, 0.3) is 0 Å². The molecular formula is C31H27N3O4. The monoisotopic (exact) mass is 505 g/mol. The predicted molar refractivity (Wildman–Crippen MR) is 148 cm³/mol. The number of imide groups is 2. The SMILES string of the molecule is CC(=O)N(C(C)=O)c1c(-c2ccccc2)nc(-c2ccccc2)c(-c2ccccc2)c1N(C(C)=O)C(C)=O. The van der Waals surface area contributed by atoms with Crippen LogP contribution >= 0.6 is 0 Å². The van der Waals surface area contributed by atoms with E-state index in [0.29, 0.717) is 22.4 Å². The van der Waals surface area contributed by atoms with Gasteiger partial charge in [0.1, 0.15) is 5.69 Å². The number of carbonyl (C=O) groups is 4. The van der Waals surface area contributed by atoms with Crippen molar-refractivity contribution in [2.45, 2.75) is 27.7 Å². The van der Waals surface area contributed by atoms with Gasteiger partial charge in [-0.15, -0.1) is 0 Å². The average molecular weight is 506 g/mol. The molecule has 0 spiro atoms. The fraction of sp³-hybridized carbons (Fsp3) is 0.129. The zero-order valence-electron chi connectivity index (χ0n) is 21.6. The van der Waals surface area contributed by atoms with Crippen molar-refractivity contribution in [1.29, 1.82) is 0 Å². The van der Waals surface area contributed by atoms with Gasteiger partial charge in [0, 0.05) is 44.4 Å². The van der Waals surface area contributed by atoms with Crippen LogP contribution in [-0.4, -0.2) is 28.6 Å². The first-order valence-corrected chi connectivity index (χ1v) is 12.1. The molecule has 0 bridgehead atoms. The maximum Gasteiger partial charge on any atom is 0.230 e. The van der Waals surface area contributed by atoms with Crippen LogP contribution in [0.2, 0.25) is 0 Å². The summed E-state index contributed by atoms with van der Waals surface area (Å²) in [5.74, 6) is -2.27. The first kappa shape index (κ1) is 26.2. The van der Waals surface area contributed by atoms with Crippen molar-refractivity contribution in [2.75, 3.05) is 9.80 Å². The van der Waals surface area contributed by atoms with E-state index in [1.54, 1.807) is 12.1 Å². The quantitative estimate of drug-likeness (QED) is 0.338. The van der Waals surface area contributed by atoms with Crippen LogP contribution in [0.5, 0.6) is 0 Å². The highest BCUT2D eigenvalue weighted by Crippen LogP contribution is 2.49. The van der Waals surface area contributed by atoms with Crippen LogP contribution in [0.25, 0.3) is 33.6 Å². The Balaban J connectivity index is 2.35. The Bertz CT molecular complexity index is 1490. The lowest BCUT2D eigenvalue weighted by molar-refractivity contribution is -0.126. The molecule has 7 nitrogen and oxygen atoms in total. The van der Waals surface area contributed by atoms with E-state index in [-0.39, 0.29) is 17.1 Å². The first-order valence-electron chi connectivity index (χ1n) is 12.1. The maximum atomic E-state index is 13.1. The van der Waals surface area contributed by atoms with Gasteiger partial charge in [-0.1, -0.05) is 91.0 Å². The summed E-state index contributed by atoms with van der Waals surface area (Å²) in [6.45, 7) is 5.07. The summed E-state index contributed by atoms with van der Waals surface area (Å²) in [6.07, 6.45) is 0. The molecule has 190 valence electrons. The van der Waals surface area contributed by atoms with E-state index in [1.165, 1.54) is 27.7 Å². The minimum atomic E-state index is -0.573. The highest BCUT2D eigenvalue weighted by molar-refractivity contribution is 6.25. The van der Waals surface area contributed by atoms with Gasteiger partial charge in [-0.2, -0.15) is 0 Å². The Kier molecular flexibility index (Phi) is 7.58. The molecule has 1 heterocycles. The topological polar surface area (TPSA) is 87.7 Å². The zero-order chi connectivity index (χ0) is 27.4. The summed E-state index contributed by atoms with van der Waals surface area (Å²) in [6, 6.07) is 27.6. The van der Waals surface area contributed by atoms with E-state index < -0.39 is 23.6 Å². The highest BCUT2D eigenvalue weighted by Gasteiger charge is 2.35. The molecule has 7 heteroatoms. The molecule has 3 aromatic carbocycles. The molecule has 38 heavy (non-hydrogen) atoms. The first-order chi connectivity index (χ1) is 18.2. The summed E-state index contributed by atoms with van der Waals surface area (Å²) in [4.78, 5) is 59.1. The van der Waals surface area contributed by atoms with Gasteiger partial charge < -0.3 is 0 Å². The molecule has 4 rings (SSSR count). The number of hydrogen-bond donors (Lipinski definition) is 0. The molecule has 0 fully saturated rings. The molecule has 4 aromatic rings. The molecule has 0 saturated carbocycles. The largest absolute Gasteiger partial charge is 0.274 e. The van der Waals surface area contributed by atoms with Crippen molar-refractivity contribution in [1.82, 2.24) is 4.98 Å². The third-order valence-electron chi connectivity index (χ3n) is 6.01. The van der Waals surface area contributed by atoms with E-state index in [4.69, 9.17) is 4.98 Å². The van der Waals surface area contributed by atoms with Gasteiger partial charge in [0.2, 0.25) is 23.6 Å². The molecule has 0 unspecified atom stereocenters. The summed E-state index contributed by atoms with van der Waals surface area (Å²) >= 11 is 0. The van der Waals surface area contributed by atoms with Gasteiger partial charge in [-0.05, 0) is 5.56 Å². The van der Waals surface area contributed by atoms with Gasteiger partial charge in [0.05, 0.1) is 17.1 Å². The van der Waals surface area contributed by atoms with Crippen LogP contribution in [-0.2, 0) is 19.2 Å². The van der Waals surface area contributed by atoms with Crippen molar-refractivity contribution < 1.29 is 19.2 Å². The van der Waals surface area contributed by atoms with E-state index in [2.05, 4.69) is 0 Å². The van der Waals surface area contributed by atoms with Crippen LogP contribution in [0.3, 0.4) is 0 Å².